The standard InChI is InChI=1S/C16H21N5/c17-21-16(20-14-8-1-2-9-14)19-11-13-6-3-5-12-7-4-10-18-15(12)13/h3-7,10,14H,1-2,8-9,11,17H2,(H2,19,20,21). The summed E-state index contributed by atoms with van der Waals surface area (Å²) in [6, 6.07) is 10.7. The first-order chi connectivity index (χ1) is 10.4. The van der Waals surface area contributed by atoms with Crippen LogP contribution in [0.25, 0.3) is 10.9 Å². The average Bonchev–Trinajstić information content (AvgIpc) is 3.04. The van der Waals surface area contributed by atoms with E-state index in [1.54, 1.807) is 0 Å². The monoisotopic (exact) mass is 283 g/mol. The van der Waals surface area contributed by atoms with Crippen molar-refractivity contribution in [3.8, 4) is 0 Å². The molecule has 5 heteroatoms. The molecule has 1 fully saturated rings. The summed E-state index contributed by atoms with van der Waals surface area (Å²) >= 11 is 0. The van der Waals surface area contributed by atoms with Gasteiger partial charge < -0.3 is 5.32 Å². The molecule has 4 N–H and O–H groups in total. The van der Waals surface area contributed by atoms with Crippen molar-refractivity contribution in [2.75, 3.05) is 0 Å². The number of fused-ring (bicyclic) bond motifs is 1. The van der Waals surface area contributed by atoms with E-state index in [9.17, 15) is 0 Å². The number of guanidine groups is 1. The van der Waals surface area contributed by atoms with Crippen LogP contribution in [0.4, 0.5) is 0 Å². The van der Waals surface area contributed by atoms with Gasteiger partial charge in [0.25, 0.3) is 0 Å². The first kappa shape index (κ1) is 13.8. The number of hydrogen-bond acceptors (Lipinski definition) is 3. The van der Waals surface area contributed by atoms with Crippen LogP contribution in [-0.2, 0) is 6.54 Å². The fourth-order valence-electron chi connectivity index (χ4n) is 2.86. The smallest absolute Gasteiger partial charge is 0.206 e. The van der Waals surface area contributed by atoms with Gasteiger partial charge in [0.1, 0.15) is 0 Å². The summed E-state index contributed by atoms with van der Waals surface area (Å²) in [5.41, 5.74) is 4.77. The second-order valence-corrected chi connectivity index (χ2v) is 5.43. The van der Waals surface area contributed by atoms with E-state index >= 15 is 0 Å². The van der Waals surface area contributed by atoms with Crippen molar-refractivity contribution in [2.45, 2.75) is 38.3 Å². The van der Waals surface area contributed by atoms with Crippen molar-refractivity contribution in [1.29, 1.82) is 0 Å². The highest BCUT2D eigenvalue weighted by Crippen LogP contribution is 2.18. The summed E-state index contributed by atoms with van der Waals surface area (Å²) in [6.45, 7) is 0.563. The summed E-state index contributed by atoms with van der Waals surface area (Å²) < 4.78 is 0. The predicted molar refractivity (Wildman–Crippen MR) is 85.6 cm³/mol. The molecular formula is C16H21N5. The first-order valence-corrected chi connectivity index (χ1v) is 7.47. The summed E-state index contributed by atoms with van der Waals surface area (Å²) in [5, 5.41) is 4.51. The van der Waals surface area contributed by atoms with Gasteiger partial charge in [-0.25, -0.2) is 10.8 Å². The van der Waals surface area contributed by atoms with Crippen LogP contribution in [0.15, 0.2) is 41.5 Å². The number of nitrogens with two attached hydrogens (primary N) is 1. The van der Waals surface area contributed by atoms with Crippen molar-refractivity contribution in [1.82, 2.24) is 15.7 Å². The molecule has 1 heterocycles. The normalized spacial score (nSPS) is 16.3. The molecule has 2 aromatic rings. The van der Waals surface area contributed by atoms with Crippen LogP contribution in [-0.4, -0.2) is 17.0 Å². The molecule has 0 saturated heterocycles. The van der Waals surface area contributed by atoms with E-state index in [1.165, 1.54) is 25.7 Å². The Morgan fingerprint density at radius 1 is 1.24 bits per heavy atom. The van der Waals surface area contributed by atoms with E-state index in [2.05, 4.69) is 38.9 Å². The molecule has 1 aromatic carbocycles. The maximum absolute atomic E-state index is 5.57. The zero-order valence-corrected chi connectivity index (χ0v) is 12.0. The highest BCUT2D eigenvalue weighted by molar-refractivity contribution is 5.82. The predicted octanol–water partition coefficient (Wildman–Crippen LogP) is 2.09. The molecule has 0 amide bonds. The van der Waals surface area contributed by atoms with Gasteiger partial charge in [-0.15, -0.1) is 0 Å². The van der Waals surface area contributed by atoms with Crippen LogP contribution < -0.4 is 16.6 Å². The summed E-state index contributed by atoms with van der Waals surface area (Å²) in [4.78, 5) is 9.00. The van der Waals surface area contributed by atoms with E-state index in [4.69, 9.17) is 5.84 Å². The topological polar surface area (TPSA) is 75.3 Å². The van der Waals surface area contributed by atoms with Gasteiger partial charge in [-0.3, -0.25) is 10.4 Å². The molecule has 5 nitrogen and oxygen atoms in total. The Labute approximate surface area is 124 Å². The Morgan fingerprint density at radius 3 is 2.86 bits per heavy atom. The third-order valence-electron chi connectivity index (χ3n) is 3.96. The van der Waals surface area contributed by atoms with Crippen molar-refractivity contribution in [3.63, 3.8) is 0 Å². The Bertz CT molecular complexity index is 626. The van der Waals surface area contributed by atoms with Crippen LogP contribution in [0.2, 0.25) is 0 Å². The molecule has 0 bridgehead atoms. The Hall–Kier alpha value is -2.14. The van der Waals surface area contributed by atoms with Gasteiger partial charge in [0.15, 0.2) is 0 Å². The molecule has 110 valence electrons. The van der Waals surface area contributed by atoms with Crippen LogP contribution in [0.5, 0.6) is 0 Å². The van der Waals surface area contributed by atoms with Crippen LogP contribution in [0.1, 0.15) is 31.2 Å². The van der Waals surface area contributed by atoms with E-state index < -0.39 is 0 Å². The maximum Gasteiger partial charge on any atom is 0.206 e. The number of para-hydroxylation sites is 1. The average molecular weight is 283 g/mol. The largest absolute Gasteiger partial charge is 0.353 e. The molecule has 1 aliphatic carbocycles. The number of nitrogens with one attached hydrogen (secondary N) is 2. The summed E-state index contributed by atoms with van der Waals surface area (Å²) in [7, 11) is 0. The van der Waals surface area contributed by atoms with E-state index in [-0.39, 0.29) is 0 Å². The second kappa shape index (κ2) is 6.54. The van der Waals surface area contributed by atoms with Crippen LogP contribution in [0, 0.1) is 0 Å². The molecule has 0 atom stereocenters. The quantitative estimate of drug-likeness (QED) is 0.349. The minimum atomic E-state index is 0.491. The van der Waals surface area contributed by atoms with Crippen LogP contribution >= 0.6 is 0 Å². The molecular weight excluding hydrogens is 262 g/mol. The third kappa shape index (κ3) is 3.31. The lowest BCUT2D eigenvalue weighted by Gasteiger charge is -2.15. The van der Waals surface area contributed by atoms with Gasteiger partial charge in [-0.2, -0.15) is 0 Å². The fraction of sp³-hybridized carbons (Fsp3) is 0.375. The van der Waals surface area contributed by atoms with Gasteiger partial charge >= 0.3 is 0 Å². The number of rotatable bonds is 3. The molecule has 1 aliphatic rings. The highest BCUT2D eigenvalue weighted by atomic mass is 15.3. The lowest BCUT2D eigenvalue weighted by atomic mass is 10.1. The van der Waals surface area contributed by atoms with Crippen LogP contribution in [0.3, 0.4) is 0 Å². The van der Waals surface area contributed by atoms with Gasteiger partial charge in [-0.1, -0.05) is 37.1 Å². The maximum atomic E-state index is 5.57. The highest BCUT2D eigenvalue weighted by Gasteiger charge is 2.15. The Morgan fingerprint density at radius 2 is 2.05 bits per heavy atom. The number of hydrazine groups is 1. The molecule has 1 aromatic heterocycles. The number of aromatic nitrogens is 1. The zero-order chi connectivity index (χ0) is 14.5. The first-order valence-electron chi connectivity index (χ1n) is 7.47. The van der Waals surface area contributed by atoms with E-state index in [1.807, 2.05) is 18.3 Å². The Kier molecular flexibility index (Phi) is 4.31. The van der Waals surface area contributed by atoms with E-state index in [0.29, 0.717) is 18.5 Å². The molecule has 0 spiro atoms. The minimum absolute atomic E-state index is 0.491. The summed E-state index contributed by atoms with van der Waals surface area (Å²) in [5.74, 6) is 6.23. The lowest BCUT2D eigenvalue weighted by Crippen LogP contribution is -2.45. The Balaban J connectivity index is 1.75. The minimum Gasteiger partial charge on any atom is -0.353 e. The molecule has 0 aliphatic heterocycles. The molecule has 21 heavy (non-hydrogen) atoms. The second-order valence-electron chi connectivity index (χ2n) is 5.43. The van der Waals surface area contributed by atoms with Crippen molar-refractivity contribution in [2.24, 2.45) is 10.8 Å². The molecule has 0 radical (unpaired) electrons. The molecule has 3 rings (SSSR count). The van der Waals surface area contributed by atoms with Crippen molar-refractivity contribution >= 4 is 16.9 Å². The van der Waals surface area contributed by atoms with Crippen molar-refractivity contribution < 1.29 is 0 Å². The number of benzene rings is 1. The molecule has 1 saturated carbocycles. The summed E-state index contributed by atoms with van der Waals surface area (Å²) in [6.07, 6.45) is 6.76. The number of hydrogen-bond donors (Lipinski definition) is 3. The van der Waals surface area contributed by atoms with Gasteiger partial charge in [0, 0.05) is 17.6 Å². The zero-order valence-electron chi connectivity index (χ0n) is 12.0. The third-order valence-corrected chi connectivity index (χ3v) is 3.96. The lowest BCUT2D eigenvalue weighted by molar-refractivity contribution is 0.614. The van der Waals surface area contributed by atoms with E-state index in [0.717, 1.165) is 16.5 Å². The van der Waals surface area contributed by atoms with Gasteiger partial charge in [0.2, 0.25) is 5.96 Å². The molecule has 0 unspecified atom stereocenters. The van der Waals surface area contributed by atoms with Gasteiger partial charge in [-0.05, 0) is 24.5 Å². The van der Waals surface area contributed by atoms with Crippen molar-refractivity contribution in [3.05, 3.63) is 42.1 Å². The SMILES string of the molecule is NNC(=NCc1cccc2cccnc12)NC1CCCC1. The van der Waals surface area contributed by atoms with Gasteiger partial charge in [0.05, 0.1) is 12.1 Å². The number of pyridine rings is 1. The number of nitrogens with zero attached hydrogens (tertiary/aromatic N) is 2. The number of aliphatic imine (C=N–C) groups is 1. The fourth-order valence-corrected chi connectivity index (χ4v) is 2.86.